The standard InChI is InChI=1S/C28H30F12NO2P/c1-17(2)41(44-42-9-7-5-3-4-6-8-10-43-44)24(18-11-20(25(29,30)31)15-21(12-18)26(32,33)34)19-13-22(27(35,36)37)16-23(14-19)28(38,39)40/h11-17,24H,3-10H2,1-2H3. The second-order valence-electron chi connectivity index (χ2n) is 10.6. The fourth-order valence-electron chi connectivity index (χ4n) is 4.72. The summed E-state index contributed by atoms with van der Waals surface area (Å²) in [6.07, 6.45) is -17.1. The molecule has 3 nitrogen and oxygen atoms in total. The molecule has 1 saturated heterocycles. The fraction of sp³-hybridized carbons (Fsp3) is 0.571. The highest BCUT2D eigenvalue weighted by Crippen LogP contribution is 2.53. The number of nitrogens with zero attached hydrogens (tertiary/aromatic N) is 1. The van der Waals surface area contributed by atoms with Gasteiger partial charge in [0.2, 0.25) is 0 Å². The van der Waals surface area contributed by atoms with Gasteiger partial charge in [-0.3, -0.25) is 0 Å². The molecule has 2 aromatic carbocycles. The van der Waals surface area contributed by atoms with Crippen molar-refractivity contribution in [3.8, 4) is 0 Å². The molecular formula is C28H30F12NO2P. The van der Waals surface area contributed by atoms with E-state index in [0.29, 0.717) is 37.1 Å². The molecule has 0 atom stereocenters. The molecule has 248 valence electrons. The predicted octanol–water partition coefficient (Wildman–Crippen LogP) is 11.2. The maximum atomic E-state index is 13.9. The van der Waals surface area contributed by atoms with Crippen molar-refractivity contribution >= 4 is 8.53 Å². The van der Waals surface area contributed by atoms with Crippen LogP contribution in [0.25, 0.3) is 0 Å². The molecular weight excluding hydrogens is 641 g/mol. The first-order valence-electron chi connectivity index (χ1n) is 13.6. The Bertz CT molecular complexity index is 1090. The maximum absolute atomic E-state index is 13.9. The van der Waals surface area contributed by atoms with Gasteiger partial charge in [0.25, 0.3) is 8.53 Å². The molecule has 0 spiro atoms. The summed E-state index contributed by atoms with van der Waals surface area (Å²) in [6.45, 7) is 2.94. The highest BCUT2D eigenvalue weighted by Gasteiger charge is 2.43. The lowest BCUT2D eigenvalue weighted by molar-refractivity contribution is -0.144. The Kier molecular flexibility index (Phi) is 11.7. The van der Waals surface area contributed by atoms with Gasteiger partial charge in [-0.1, -0.05) is 25.7 Å². The van der Waals surface area contributed by atoms with Gasteiger partial charge in [-0.15, -0.1) is 0 Å². The van der Waals surface area contributed by atoms with Crippen molar-refractivity contribution < 1.29 is 61.7 Å². The molecule has 1 aliphatic rings. The Morgan fingerprint density at radius 2 is 0.818 bits per heavy atom. The summed E-state index contributed by atoms with van der Waals surface area (Å²) >= 11 is 0. The number of rotatable bonds is 5. The van der Waals surface area contributed by atoms with Crippen LogP contribution < -0.4 is 0 Å². The SMILES string of the molecule is CC(C)N(C(c1cc(C(F)(F)F)cc(C(F)(F)F)c1)c1cc(C(F)(F)F)cc(C(F)(F)F)c1)P1OCCCCCCCCO1. The summed E-state index contributed by atoms with van der Waals surface area (Å²) in [7, 11) is -2.39. The van der Waals surface area contributed by atoms with Crippen molar-refractivity contribution in [2.45, 2.75) is 89.2 Å². The van der Waals surface area contributed by atoms with Crippen LogP contribution in [-0.4, -0.2) is 23.9 Å². The second-order valence-corrected chi connectivity index (χ2v) is 12.0. The summed E-state index contributed by atoms with van der Waals surface area (Å²) in [6, 6.07) is -2.05. The van der Waals surface area contributed by atoms with Gasteiger partial charge < -0.3 is 9.05 Å². The second kappa shape index (κ2) is 14.1. The van der Waals surface area contributed by atoms with Gasteiger partial charge in [0.15, 0.2) is 0 Å². The average molecular weight is 672 g/mol. The Labute approximate surface area is 247 Å². The molecule has 0 N–H and O–H groups in total. The fourth-order valence-corrected chi connectivity index (χ4v) is 6.46. The van der Waals surface area contributed by atoms with Crippen LogP contribution in [-0.2, 0) is 33.8 Å². The molecule has 0 bridgehead atoms. The van der Waals surface area contributed by atoms with Crippen molar-refractivity contribution in [3.05, 3.63) is 69.8 Å². The molecule has 0 amide bonds. The molecule has 44 heavy (non-hydrogen) atoms. The van der Waals surface area contributed by atoms with Gasteiger partial charge in [0.05, 0.1) is 41.5 Å². The van der Waals surface area contributed by atoms with E-state index in [1.165, 1.54) is 13.8 Å². The third-order valence-corrected chi connectivity index (χ3v) is 8.65. The molecule has 0 unspecified atom stereocenters. The van der Waals surface area contributed by atoms with Crippen LogP contribution in [0.5, 0.6) is 0 Å². The van der Waals surface area contributed by atoms with Gasteiger partial charge in [0.1, 0.15) is 0 Å². The summed E-state index contributed by atoms with van der Waals surface area (Å²) in [5.41, 5.74) is -8.80. The minimum Gasteiger partial charge on any atom is -0.322 e. The third kappa shape index (κ3) is 9.70. The molecule has 16 heteroatoms. The molecule has 3 rings (SSSR count). The molecule has 0 saturated carbocycles. The highest BCUT2D eigenvalue weighted by atomic mass is 31.2. The zero-order valence-electron chi connectivity index (χ0n) is 23.5. The Hall–Kier alpha value is -2.09. The van der Waals surface area contributed by atoms with E-state index in [9.17, 15) is 52.7 Å². The van der Waals surface area contributed by atoms with E-state index in [1.54, 1.807) is 0 Å². The maximum Gasteiger partial charge on any atom is 0.416 e. The van der Waals surface area contributed by atoms with E-state index in [2.05, 4.69) is 0 Å². The number of halogens is 12. The normalized spacial score (nSPS) is 17.4. The number of hydrogen-bond donors (Lipinski definition) is 0. The zero-order valence-corrected chi connectivity index (χ0v) is 24.4. The number of benzene rings is 2. The van der Waals surface area contributed by atoms with E-state index >= 15 is 0 Å². The molecule has 1 heterocycles. The van der Waals surface area contributed by atoms with Crippen LogP contribution in [0.1, 0.15) is 91.8 Å². The predicted molar refractivity (Wildman–Crippen MR) is 138 cm³/mol. The molecule has 1 aliphatic heterocycles. The molecule has 0 aliphatic carbocycles. The van der Waals surface area contributed by atoms with E-state index < -0.39 is 78.7 Å². The first-order valence-corrected chi connectivity index (χ1v) is 14.8. The van der Waals surface area contributed by atoms with E-state index in [1.807, 2.05) is 0 Å². The van der Waals surface area contributed by atoms with Crippen LogP contribution in [0.15, 0.2) is 36.4 Å². The van der Waals surface area contributed by atoms with Crippen LogP contribution >= 0.6 is 8.53 Å². The highest BCUT2D eigenvalue weighted by molar-refractivity contribution is 7.44. The van der Waals surface area contributed by atoms with Crippen molar-refractivity contribution in [2.75, 3.05) is 13.2 Å². The Morgan fingerprint density at radius 1 is 0.523 bits per heavy atom. The minimum atomic E-state index is -5.33. The van der Waals surface area contributed by atoms with Gasteiger partial charge in [-0.05, 0) is 74.2 Å². The lowest BCUT2D eigenvalue weighted by Crippen LogP contribution is -2.33. The first kappa shape index (κ1) is 36.4. The van der Waals surface area contributed by atoms with Crippen molar-refractivity contribution in [3.63, 3.8) is 0 Å². The summed E-state index contributed by atoms with van der Waals surface area (Å²) in [5, 5.41) is 0. The van der Waals surface area contributed by atoms with Crippen LogP contribution in [0.2, 0.25) is 0 Å². The summed E-state index contributed by atoms with van der Waals surface area (Å²) < 4.78 is 179. The van der Waals surface area contributed by atoms with Crippen LogP contribution in [0.4, 0.5) is 52.7 Å². The van der Waals surface area contributed by atoms with Crippen LogP contribution in [0.3, 0.4) is 0 Å². The quantitative estimate of drug-likeness (QED) is 0.233. The monoisotopic (exact) mass is 671 g/mol. The average Bonchev–Trinajstić information content (AvgIpc) is 2.95. The number of hydrogen-bond acceptors (Lipinski definition) is 3. The summed E-state index contributed by atoms with van der Waals surface area (Å²) in [4.78, 5) is 0. The summed E-state index contributed by atoms with van der Waals surface area (Å²) in [5.74, 6) is 0. The van der Waals surface area contributed by atoms with Gasteiger partial charge in [-0.25, -0.2) is 4.67 Å². The van der Waals surface area contributed by atoms with Crippen molar-refractivity contribution in [1.82, 2.24) is 4.67 Å². The smallest absolute Gasteiger partial charge is 0.322 e. The van der Waals surface area contributed by atoms with E-state index in [0.717, 1.165) is 30.4 Å². The largest absolute Gasteiger partial charge is 0.416 e. The Morgan fingerprint density at radius 3 is 1.09 bits per heavy atom. The lowest BCUT2D eigenvalue weighted by atomic mass is 9.91. The molecule has 1 fully saturated rings. The van der Waals surface area contributed by atoms with E-state index in [4.69, 9.17) is 9.05 Å². The molecule has 2 aromatic rings. The van der Waals surface area contributed by atoms with E-state index in [-0.39, 0.29) is 25.3 Å². The van der Waals surface area contributed by atoms with Crippen molar-refractivity contribution in [2.24, 2.45) is 0 Å². The van der Waals surface area contributed by atoms with Gasteiger partial charge in [-0.2, -0.15) is 52.7 Å². The topological polar surface area (TPSA) is 21.7 Å². The molecule has 0 aromatic heterocycles. The van der Waals surface area contributed by atoms with Gasteiger partial charge >= 0.3 is 24.7 Å². The third-order valence-electron chi connectivity index (χ3n) is 6.78. The Balaban J connectivity index is 2.39. The minimum absolute atomic E-state index is 0.0361. The van der Waals surface area contributed by atoms with Crippen molar-refractivity contribution in [1.29, 1.82) is 0 Å². The molecule has 0 radical (unpaired) electrons. The lowest BCUT2D eigenvalue weighted by Gasteiger charge is -2.40. The zero-order chi connectivity index (χ0) is 33.1. The van der Waals surface area contributed by atoms with Gasteiger partial charge in [0, 0.05) is 6.04 Å². The van der Waals surface area contributed by atoms with Crippen LogP contribution in [0, 0.1) is 0 Å². The number of alkyl halides is 12. The first-order chi connectivity index (χ1) is 20.2.